The predicted molar refractivity (Wildman–Crippen MR) is 206 cm³/mol. The van der Waals surface area contributed by atoms with E-state index in [2.05, 4.69) is 21.2 Å². The molecule has 1 aromatic carbocycles. The number of rotatable bonds is 15. The van der Waals surface area contributed by atoms with Gasteiger partial charge in [0.25, 0.3) is 5.91 Å². The van der Waals surface area contributed by atoms with Crippen LogP contribution in [0.3, 0.4) is 0 Å². The van der Waals surface area contributed by atoms with Crippen LogP contribution in [0.2, 0.25) is 0 Å². The second-order valence-electron chi connectivity index (χ2n) is 14.1. The smallest absolute Gasteiger partial charge is 0.325 e. The number of aliphatic hydroxyl groups excluding tert-OH is 1. The summed E-state index contributed by atoms with van der Waals surface area (Å²) in [6.45, 7) is 10.2. The molecule has 5 unspecified atom stereocenters. The monoisotopic (exact) mass is 807 g/mol. The Balaban J connectivity index is 1.46. The topological polar surface area (TPSA) is 177 Å². The fraction of sp³-hybridized carbons (Fsp3) is 0.514. The Hall–Kier alpha value is -3.79. The third-order valence-corrected chi connectivity index (χ3v) is 9.05. The van der Waals surface area contributed by atoms with Crippen molar-refractivity contribution in [3.8, 4) is 0 Å². The first-order chi connectivity index (χ1) is 25.3. The number of fused-ring (bicyclic) bond motifs is 1. The van der Waals surface area contributed by atoms with Gasteiger partial charge in [0.05, 0.1) is 29.3 Å². The molecule has 1 saturated heterocycles. The largest absolute Gasteiger partial charge is 0.460 e. The number of pyridine rings is 1. The Kier molecular flexibility index (Phi) is 14.9. The molecule has 0 radical (unpaired) electrons. The van der Waals surface area contributed by atoms with Crippen LogP contribution >= 0.6 is 34.8 Å². The molecule has 4 N–H and O–H groups in total. The number of alkyl halides is 3. The van der Waals surface area contributed by atoms with E-state index in [0.29, 0.717) is 18.5 Å². The van der Waals surface area contributed by atoms with Gasteiger partial charge in [-0.15, -0.1) is 0 Å². The van der Waals surface area contributed by atoms with E-state index in [1.807, 2.05) is 43.3 Å². The van der Waals surface area contributed by atoms with Gasteiger partial charge in [0.15, 0.2) is 6.29 Å². The minimum atomic E-state index is -1.79. The van der Waals surface area contributed by atoms with Gasteiger partial charge in [-0.25, -0.2) is 5.43 Å². The lowest BCUT2D eigenvalue weighted by molar-refractivity contribution is -0.153. The summed E-state index contributed by atoms with van der Waals surface area (Å²) in [4.78, 5) is 58.8. The zero-order chi connectivity index (χ0) is 39.8. The normalized spacial score (nSPS) is 17.6. The number of nitrogens with one attached hydrogen (secondary N) is 3. The number of nitrogens with zero attached hydrogens (tertiary/aromatic N) is 4. The molecule has 0 aliphatic carbocycles. The Morgan fingerprint density at radius 3 is 2.46 bits per heavy atom. The van der Waals surface area contributed by atoms with Gasteiger partial charge in [-0.3, -0.25) is 33.9 Å². The number of hydrazine groups is 1. The highest BCUT2D eigenvalue weighted by Crippen LogP contribution is 2.27. The number of esters is 1. The number of hydrogen-bond donors (Lipinski definition) is 4. The summed E-state index contributed by atoms with van der Waals surface area (Å²) in [5.41, 5.74) is 4.04. The van der Waals surface area contributed by atoms with Gasteiger partial charge in [0.1, 0.15) is 24.7 Å². The van der Waals surface area contributed by atoms with Crippen LogP contribution in [0.15, 0.2) is 54.9 Å². The maximum atomic E-state index is 13.9. The SMILES string of the molecule is CC(O)OC(C)c1ccc2ccc(C=CC(C)(C)C(=O)NC(C(=O)NC(Cn3cccn3)C(=O)N3CCCC(C(=O)OCC(Cl)(Cl)Cl)N3)C(C)C)cc2n1. The molecule has 5 atom stereocenters. The number of ether oxygens (including phenoxy) is 2. The van der Waals surface area contributed by atoms with E-state index in [-0.39, 0.29) is 19.0 Å². The maximum absolute atomic E-state index is 13.9. The second-order valence-corrected chi connectivity index (χ2v) is 16.7. The van der Waals surface area contributed by atoms with Crippen molar-refractivity contribution in [2.75, 3.05) is 13.2 Å². The molecule has 54 heavy (non-hydrogen) atoms. The highest BCUT2D eigenvalue weighted by Gasteiger charge is 2.37. The molecule has 2 aromatic heterocycles. The Bertz CT molecular complexity index is 1800. The fourth-order valence-electron chi connectivity index (χ4n) is 5.69. The van der Waals surface area contributed by atoms with Gasteiger partial charge in [0, 0.05) is 24.3 Å². The van der Waals surface area contributed by atoms with Crippen LogP contribution in [-0.2, 0) is 35.2 Å². The first-order valence-corrected chi connectivity index (χ1v) is 18.8. The molecule has 1 aliphatic rings. The van der Waals surface area contributed by atoms with Crippen molar-refractivity contribution in [3.63, 3.8) is 0 Å². The summed E-state index contributed by atoms with van der Waals surface area (Å²) in [5.74, 6) is -2.52. The predicted octanol–water partition coefficient (Wildman–Crippen LogP) is 4.62. The summed E-state index contributed by atoms with van der Waals surface area (Å²) in [6.07, 6.45) is 6.28. The number of aliphatic hydroxyl groups is 1. The van der Waals surface area contributed by atoms with Gasteiger partial charge in [-0.2, -0.15) is 5.10 Å². The number of hydrogen-bond acceptors (Lipinski definition) is 10. The van der Waals surface area contributed by atoms with Crippen LogP contribution in [0.5, 0.6) is 0 Å². The molecule has 14 nitrogen and oxygen atoms in total. The van der Waals surface area contributed by atoms with Crippen LogP contribution in [0.25, 0.3) is 17.0 Å². The molecular weight excluding hydrogens is 761 g/mol. The molecule has 0 spiro atoms. The Morgan fingerprint density at radius 1 is 1.09 bits per heavy atom. The van der Waals surface area contributed by atoms with Crippen molar-refractivity contribution in [3.05, 3.63) is 66.1 Å². The number of benzene rings is 1. The molecular formula is C37H48Cl3N7O7. The zero-order valence-electron chi connectivity index (χ0n) is 31.1. The van der Waals surface area contributed by atoms with E-state index in [9.17, 15) is 24.3 Å². The van der Waals surface area contributed by atoms with Gasteiger partial charge in [-0.05, 0) is 70.2 Å². The second kappa shape index (κ2) is 18.7. The van der Waals surface area contributed by atoms with E-state index >= 15 is 0 Å². The van der Waals surface area contributed by atoms with Crippen LogP contribution in [0.1, 0.15) is 71.7 Å². The molecule has 3 aromatic rings. The van der Waals surface area contributed by atoms with E-state index in [1.54, 1.807) is 59.2 Å². The molecule has 4 rings (SSSR count). The van der Waals surface area contributed by atoms with Crippen molar-refractivity contribution in [1.29, 1.82) is 0 Å². The summed E-state index contributed by atoms with van der Waals surface area (Å²) < 4.78 is 10.3. The molecule has 0 bridgehead atoms. The fourth-order valence-corrected chi connectivity index (χ4v) is 5.85. The molecule has 17 heteroatoms. The highest BCUT2D eigenvalue weighted by molar-refractivity contribution is 6.67. The average molecular weight is 809 g/mol. The molecule has 1 aliphatic heterocycles. The summed E-state index contributed by atoms with van der Waals surface area (Å²) >= 11 is 17.2. The number of carbonyl (C=O) groups excluding carboxylic acids is 4. The lowest BCUT2D eigenvalue weighted by atomic mass is 9.89. The first-order valence-electron chi connectivity index (χ1n) is 17.7. The number of carbonyl (C=O) groups is 4. The standard InChI is InChI=1S/C37H48Cl3N7O7/c1-22(2)31(44-35(52)36(5,6)15-14-25-10-11-26-12-13-27(42-29(26)19-25)23(3)54-24(4)48)32(49)43-30(20-46-17-8-16-41-46)33(50)47-18-7-9-28(45-47)34(51)53-21-37(38,39)40/h8,10-17,19,22-24,28,30-31,45,48H,7,9,18,20-21H2,1-6H3,(H,43,49)(H,44,52). The van der Waals surface area contributed by atoms with Crippen molar-refractivity contribution >= 4 is 75.5 Å². The van der Waals surface area contributed by atoms with Gasteiger partial charge < -0.3 is 25.2 Å². The first kappa shape index (κ1) is 42.9. The van der Waals surface area contributed by atoms with Crippen molar-refractivity contribution in [2.45, 2.75) is 95.2 Å². The van der Waals surface area contributed by atoms with Crippen molar-refractivity contribution in [2.24, 2.45) is 11.3 Å². The highest BCUT2D eigenvalue weighted by atomic mass is 35.6. The molecule has 3 amide bonds. The van der Waals surface area contributed by atoms with Gasteiger partial charge >= 0.3 is 5.97 Å². The van der Waals surface area contributed by atoms with E-state index < -0.39 is 70.0 Å². The summed E-state index contributed by atoms with van der Waals surface area (Å²) in [6, 6.07) is 8.22. The third-order valence-electron chi connectivity index (χ3n) is 8.73. The average Bonchev–Trinajstić information content (AvgIpc) is 3.63. The van der Waals surface area contributed by atoms with Crippen molar-refractivity contribution < 1.29 is 33.8 Å². The minimum absolute atomic E-state index is 0.0142. The lowest BCUT2D eigenvalue weighted by Gasteiger charge is -2.35. The van der Waals surface area contributed by atoms with E-state index in [4.69, 9.17) is 49.3 Å². The quantitative estimate of drug-likeness (QED) is 0.0963. The Labute approximate surface area is 329 Å². The summed E-state index contributed by atoms with van der Waals surface area (Å²) in [5, 5.41) is 21.7. The van der Waals surface area contributed by atoms with E-state index in [0.717, 1.165) is 16.5 Å². The number of halogens is 3. The van der Waals surface area contributed by atoms with Gasteiger partial charge in [-0.1, -0.05) is 79.0 Å². The van der Waals surface area contributed by atoms with Crippen LogP contribution in [0.4, 0.5) is 0 Å². The maximum Gasteiger partial charge on any atom is 0.325 e. The van der Waals surface area contributed by atoms with Crippen LogP contribution in [-0.4, -0.2) is 89.9 Å². The number of aromatic nitrogens is 3. The summed E-state index contributed by atoms with van der Waals surface area (Å²) in [7, 11) is 0. The van der Waals surface area contributed by atoms with Crippen LogP contribution in [0, 0.1) is 11.3 Å². The molecule has 294 valence electrons. The van der Waals surface area contributed by atoms with Crippen molar-refractivity contribution in [1.82, 2.24) is 35.8 Å². The zero-order valence-corrected chi connectivity index (χ0v) is 33.4. The van der Waals surface area contributed by atoms with E-state index in [1.165, 1.54) is 9.69 Å². The Morgan fingerprint density at radius 2 is 1.81 bits per heavy atom. The lowest BCUT2D eigenvalue weighted by Crippen LogP contribution is -2.62. The van der Waals surface area contributed by atoms with Gasteiger partial charge in [0.2, 0.25) is 15.6 Å². The third kappa shape index (κ3) is 12.4. The van der Waals surface area contributed by atoms with Crippen LogP contribution < -0.4 is 16.1 Å². The molecule has 1 fully saturated rings. The minimum Gasteiger partial charge on any atom is -0.460 e. The molecule has 3 heterocycles. The number of amides is 3. The molecule has 0 saturated carbocycles.